The first-order chi connectivity index (χ1) is 12.9. The van der Waals surface area contributed by atoms with Crippen molar-refractivity contribution in [2.75, 3.05) is 24.6 Å². The molecule has 0 bridgehead atoms. The molecule has 0 radical (unpaired) electrons. The Morgan fingerprint density at radius 1 is 1.30 bits per heavy atom. The lowest BCUT2D eigenvalue weighted by molar-refractivity contribution is 0.0623. The van der Waals surface area contributed by atoms with Crippen LogP contribution in [0.3, 0.4) is 0 Å². The molecule has 2 aromatic rings. The molecule has 2 atom stereocenters. The molecule has 1 aromatic carbocycles. The Kier molecular flexibility index (Phi) is 4.71. The number of imidazole rings is 1. The maximum absolute atomic E-state index is 13.0. The highest BCUT2D eigenvalue weighted by Gasteiger charge is 2.31. The van der Waals surface area contributed by atoms with Crippen molar-refractivity contribution in [2.24, 2.45) is 5.73 Å². The maximum atomic E-state index is 13.0. The minimum absolute atomic E-state index is 0.00250. The third kappa shape index (κ3) is 3.36. The van der Waals surface area contributed by atoms with Crippen LogP contribution in [0.2, 0.25) is 0 Å². The van der Waals surface area contributed by atoms with Gasteiger partial charge in [0.25, 0.3) is 5.91 Å². The van der Waals surface area contributed by atoms with Crippen LogP contribution in [-0.4, -0.2) is 59.4 Å². The monoisotopic (exact) mass is 390 g/mol. The summed E-state index contributed by atoms with van der Waals surface area (Å²) in [6.07, 6.45) is 3.68. The topological polar surface area (TPSA) is 98.3 Å². The van der Waals surface area contributed by atoms with Crippen molar-refractivity contribution in [1.29, 1.82) is 0 Å². The first-order valence-corrected chi connectivity index (χ1v) is 11.4. The van der Waals surface area contributed by atoms with Gasteiger partial charge in [0.1, 0.15) is 5.82 Å². The summed E-state index contributed by atoms with van der Waals surface area (Å²) in [7, 11) is -2.97. The summed E-state index contributed by atoms with van der Waals surface area (Å²) < 4.78 is 25.7. The summed E-state index contributed by atoms with van der Waals surface area (Å²) in [6, 6.07) is 5.57. The van der Waals surface area contributed by atoms with E-state index in [2.05, 4.69) is 4.98 Å². The van der Waals surface area contributed by atoms with E-state index in [1.54, 1.807) is 0 Å². The molecule has 2 saturated heterocycles. The number of nitrogens with two attached hydrogens (primary N) is 1. The third-order valence-corrected chi connectivity index (χ3v) is 7.60. The van der Waals surface area contributed by atoms with Crippen molar-refractivity contribution < 1.29 is 13.2 Å². The van der Waals surface area contributed by atoms with E-state index in [1.807, 2.05) is 34.6 Å². The van der Waals surface area contributed by atoms with Gasteiger partial charge in [-0.25, -0.2) is 13.4 Å². The van der Waals surface area contributed by atoms with Crippen LogP contribution in [0.15, 0.2) is 18.2 Å². The van der Waals surface area contributed by atoms with Crippen molar-refractivity contribution >= 4 is 26.8 Å². The van der Waals surface area contributed by atoms with E-state index in [4.69, 9.17) is 5.73 Å². The minimum Gasteiger partial charge on any atom is -0.334 e. The van der Waals surface area contributed by atoms with E-state index in [0.29, 0.717) is 18.5 Å². The second kappa shape index (κ2) is 6.91. The number of benzene rings is 1. The summed E-state index contributed by atoms with van der Waals surface area (Å²) in [6.45, 7) is 3.12. The number of aromatic nitrogens is 2. The summed E-state index contributed by atoms with van der Waals surface area (Å²) in [5, 5.41) is 0. The summed E-state index contributed by atoms with van der Waals surface area (Å²) in [5.41, 5.74) is 8.10. The number of nitrogens with zero attached hydrogens (tertiary/aromatic N) is 3. The predicted octanol–water partition coefficient (Wildman–Crippen LogP) is 1.66. The number of fused-ring (bicyclic) bond motifs is 1. The van der Waals surface area contributed by atoms with Crippen LogP contribution < -0.4 is 5.73 Å². The Balaban J connectivity index is 1.66. The number of carbonyl (C=O) groups excluding carboxylic acids is 1. The van der Waals surface area contributed by atoms with Crippen molar-refractivity contribution in [3.63, 3.8) is 0 Å². The average molecular weight is 391 g/mol. The number of likely N-dealkylation sites (tertiary alicyclic amines) is 1. The Bertz CT molecular complexity index is 982. The Morgan fingerprint density at radius 3 is 2.81 bits per heavy atom. The number of aryl methyl sites for hydroxylation is 1. The van der Waals surface area contributed by atoms with Gasteiger partial charge in [-0.2, -0.15) is 0 Å². The average Bonchev–Trinajstić information content (AvgIpc) is 3.18. The van der Waals surface area contributed by atoms with E-state index >= 15 is 0 Å². The van der Waals surface area contributed by atoms with Crippen LogP contribution in [0.1, 0.15) is 47.9 Å². The largest absolute Gasteiger partial charge is 0.334 e. The Hall–Kier alpha value is -1.93. The van der Waals surface area contributed by atoms with Crippen LogP contribution in [0.4, 0.5) is 0 Å². The van der Waals surface area contributed by atoms with E-state index in [0.717, 1.165) is 42.7 Å². The fourth-order valence-corrected chi connectivity index (χ4v) is 6.17. The molecule has 8 heteroatoms. The molecule has 146 valence electrons. The van der Waals surface area contributed by atoms with Gasteiger partial charge in [-0.3, -0.25) is 4.79 Å². The number of piperidine rings is 1. The molecule has 2 fully saturated rings. The fraction of sp³-hybridized carbons (Fsp3) is 0.579. The number of hydrogen-bond acceptors (Lipinski definition) is 5. The molecule has 2 aliphatic rings. The number of carbonyl (C=O) groups is 1. The molecule has 0 aliphatic carbocycles. The highest BCUT2D eigenvalue weighted by molar-refractivity contribution is 7.91. The SMILES string of the molecule is Cc1nc2cc(C(=O)N3CCCC[C@H]3CN)ccc2n1[C@H]1CCS(=O)(=O)C1. The Morgan fingerprint density at radius 2 is 2.11 bits per heavy atom. The molecule has 2 aliphatic heterocycles. The molecule has 1 amide bonds. The van der Waals surface area contributed by atoms with Gasteiger partial charge < -0.3 is 15.2 Å². The predicted molar refractivity (Wildman–Crippen MR) is 105 cm³/mol. The minimum atomic E-state index is -2.97. The lowest BCUT2D eigenvalue weighted by Gasteiger charge is -2.35. The second-order valence-corrected chi connectivity index (χ2v) is 9.90. The first kappa shape index (κ1) is 18.4. The van der Waals surface area contributed by atoms with Crippen molar-refractivity contribution in [1.82, 2.24) is 14.5 Å². The zero-order valence-electron chi connectivity index (χ0n) is 15.6. The van der Waals surface area contributed by atoms with E-state index in [1.165, 1.54) is 0 Å². The number of sulfone groups is 1. The number of rotatable bonds is 3. The number of amides is 1. The maximum Gasteiger partial charge on any atom is 0.254 e. The standard InChI is InChI=1S/C19H26N4O3S/c1-13-21-17-10-14(19(24)22-8-3-2-4-15(22)11-20)5-6-18(17)23(13)16-7-9-27(25,26)12-16/h5-6,10,15-16H,2-4,7-9,11-12,20H2,1H3/t15-,16-/m0/s1. The molecule has 0 spiro atoms. The lowest BCUT2D eigenvalue weighted by Crippen LogP contribution is -2.47. The normalized spacial score (nSPS) is 25.2. The van der Waals surface area contributed by atoms with Gasteiger partial charge in [0.2, 0.25) is 0 Å². The molecule has 0 unspecified atom stereocenters. The summed E-state index contributed by atoms with van der Waals surface area (Å²) >= 11 is 0. The highest BCUT2D eigenvalue weighted by Crippen LogP contribution is 2.30. The molecule has 1 aromatic heterocycles. The van der Waals surface area contributed by atoms with Crippen molar-refractivity contribution in [3.8, 4) is 0 Å². The van der Waals surface area contributed by atoms with E-state index in [-0.39, 0.29) is 29.5 Å². The van der Waals surface area contributed by atoms with Gasteiger partial charge in [-0.15, -0.1) is 0 Å². The second-order valence-electron chi connectivity index (χ2n) is 7.67. The zero-order valence-corrected chi connectivity index (χ0v) is 16.4. The molecule has 2 N–H and O–H groups in total. The van der Waals surface area contributed by atoms with Crippen LogP contribution in [-0.2, 0) is 9.84 Å². The highest BCUT2D eigenvalue weighted by atomic mass is 32.2. The number of hydrogen-bond donors (Lipinski definition) is 1. The summed E-state index contributed by atoms with van der Waals surface area (Å²) in [5.74, 6) is 1.17. The van der Waals surface area contributed by atoms with Gasteiger partial charge in [0.15, 0.2) is 9.84 Å². The molecule has 27 heavy (non-hydrogen) atoms. The van der Waals surface area contributed by atoms with Gasteiger partial charge in [-0.1, -0.05) is 0 Å². The molecule has 3 heterocycles. The molecule has 7 nitrogen and oxygen atoms in total. The van der Waals surface area contributed by atoms with Gasteiger partial charge in [-0.05, 0) is 50.8 Å². The smallest absolute Gasteiger partial charge is 0.254 e. The van der Waals surface area contributed by atoms with E-state index in [9.17, 15) is 13.2 Å². The summed E-state index contributed by atoms with van der Waals surface area (Å²) in [4.78, 5) is 19.5. The van der Waals surface area contributed by atoms with Gasteiger partial charge in [0.05, 0.1) is 28.6 Å². The third-order valence-electron chi connectivity index (χ3n) is 5.85. The Labute approximate surface area is 159 Å². The van der Waals surface area contributed by atoms with Crippen molar-refractivity contribution in [2.45, 2.75) is 44.7 Å². The lowest BCUT2D eigenvalue weighted by atomic mass is 10.0. The molecular weight excluding hydrogens is 364 g/mol. The van der Waals surface area contributed by atoms with Crippen LogP contribution in [0.25, 0.3) is 11.0 Å². The van der Waals surface area contributed by atoms with Gasteiger partial charge >= 0.3 is 0 Å². The zero-order chi connectivity index (χ0) is 19.2. The first-order valence-electron chi connectivity index (χ1n) is 9.59. The fourth-order valence-electron chi connectivity index (χ4n) is 4.47. The van der Waals surface area contributed by atoms with E-state index < -0.39 is 9.84 Å². The molecule has 4 rings (SSSR count). The molecule has 0 saturated carbocycles. The van der Waals surface area contributed by atoms with Gasteiger partial charge in [0, 0.05) is 24.7 Å². The molecular formula is C19H26N4O3S. The van der Waals surface area contributed by atoms with Crippen LogP contribution >= 0.6 is 0 Å². The van der Waals surface area contributed by atoms with Crippen LogP contribution in [0.5, 0.6) is 0 Å². The van der Waals surface area contributed by atoms with Crippen LogP contribution in [0, 0.1) is 6.92 Å². The quantitative estimate of drug-likeness (QED) is 0.859. The van der Waals surface area contributed by atoms with Crippen molar-refractivity contribution in [3.05, 3.63) is 29.6 Å².